The van der Waals surface area contributed by atoms with Crippen molar-refractivity contribution in [2.75, 3.05) is 58.0 Å². The number of likely N-dealkylation sites (tertiary alicyclic amines) is 1. The lowest BCUT2D eigenvalue weighted by atomic mass is 9.85. The van der Waals surface area contributed by atoms with Crippen LogP contribution in [0.2, 0.25) is 0 Å². The number of rotatable bonds is 8. The van der Waals surface area contributed by atoms with Gasteiger partial charge in [-0.25, -0.2) is 9.18 Å². The van der Waals surface area contributed by atoms with Crippen LogP contribution in [0.5, 0.6) is 0 Å². The van der Waals surface area contributed by atoms with Gasteiger partial charge in [0.2, 0.25) is 5.91 Å². The second kappa shape index (κ2) is 11.3. The van der Waals surface area contributed by atoms with E-state index >= 15 is 0 Å². The van der Waals surface area contributed by atoms with Crippen LogP contribution in [0, 0.1) is 12.7 Å². The summed E-state index contributed by atoms with van der Waals surface area (Å²) < 4.78 is 24.5. The van der Waals surface area contributed by atoms with Gasteiger partial charge in [0.25, 0.3) is 0 Å². The molecule has 0 aromatic heterocycles. The van der Waals surface area contributed by atoms with Crippen LogP contribution >= 0.6 is 0 Å². The quantitative estimate of drug-likeness (QED) is 0.407. The standard InChI is InChI=1S/C32H37FN4O4/c1-23-5-3-6-24-7-4-8-25(29(23)24)19-34-15-13-32(14-16-34)30(38)36(22-37(32)27-11-9-26(33)10-12-27)21-28-20-35(17-18-40-2)31(39)41-28/h3-12,28H,13-22H2,1-2H3/t28-/m0/s1. The van der Waals surface area contributed by atoms with Crippen molar-refractivity contribution < 1.29 is 23.5 Å². The molecule has 3 fully saturated rings. The second-order valence-electron chi connectivity index (χ2n) is 11.4. The molecule has 0 unspecified atom stereocenters. The Kier molecular flexibility index (Phi) is 7.57. The summed E-state index contributed by atoms with van der Waals surface area (Å²) in [5.41, 5.74) is 2.67. The number of piperidine rings is 1. The van der Waals surface area contributed by atoms with E-state index in [4.69, 9.17) is 9.47 Å². The highest BCUT2D eigenvalue weighted by Crippen LogP contribution is 2.40. The van der Waals surface area contributed by atoms with E-state index in [-0.39, 0.29) is 17.8 Å². The highest BCUT2D eigenvalue weighted by atomic mass is 19.1. The third kappa shape index (κ3) is 5.24. The van der Waals surface area contributed by atoms with Crippen molar-refractivity contribution in [3.8, 4) is 0 Å². The molecule has 216 valence electrons. The van der Waals surface area contributed by atoms with Crippen LogP contribution in [0.15, 0.2) is 60.7 Å². The smallest absolute Gasteiger partial charge is 0.410 e. The molecule has 0 aliphatic carbocycles. The Morgan fingerprint density at radius 3 is 2.46 bits per heavy atom. The van der Waals surface area contributed by atoms with Crippen LogP contribution < -0.4 is 4.90 Å². The molecule has 0 N–H and O–H groups in total. The summed E-state index contributed by atoms with van der Waals surface area (Å²) in [7, 11) is 1.60. The first-order valence-electron chi connectivity index (χ1n) is 14.3. The van der Waals surface area contributed by atoms with Crippen LogP contribution in [0.3, 0.4) is 0 Å². The molecule has 3 saturated heterocycles. The molecular formula is C32H37FN4O4. The van der Waals surface area contributed by atoms with Gasteiger partial charge in [0, 0.05) is 39.0 Å². The van der Waals surface area contributed by atoms with Crippen molar-refractivity contribution in [3.05, 3.63) is 77.6 Å². The van der Waals surface area contributed by atoms with Gasteiger partial charge in [-0.2, -0.15) is 0 Å². The first kappa shape index (κ1) is 27.5. The van der Waals surface area contributed by atoms with Crippen molar-refractivity contribution >= 4 is 28.5 Å². The first-order valence-corrected chi connectivity index (χ1v) is 14.3. The number of nitrogens with zero attached hydrogens (tertiary/aromatic N) is 4. The number of hydrogen-bond acceptors (Lipinski definition) is 6. The molecule has 1 spiro atoms. The summed E-state index contributed by atoms with van der Waals surface area (Å²) in [5, 5.41) is 2.55. The molecule has 3 aromatic carbocycles. The number of carbonyl (C=O) groups excluding carboxylic acids is 2. The minimum Gasteiger partial charge on any atom is -0.442 e. The average molecular weight is 561 g/mol. The van der Waals surface area contributed by atoms with Crippen LogP contribution in [0.1, 0.15) is 24.0 Å². The van der Waals surface area contributed by atoms with Gasteiger partial charge in [-0.05, 0) is 65.9 Å². The number of hydrogen-bond donors (Lipinski definition) is 0. The average Bonchev–Trinajstić information content (AvgIpc) is 3.45. The number of amides is 2. The Morgan fingerprint density at radius 2 is 1.73 bits per heavy atom. The molecule has 8 nitrogen and oxygen atoms in total. The fourth-order valence-electron chi connectivity index (χ4n) is 6.73. The summed E-state index contributed by atoms with van der Waals surface area (Å²) in [6, 6.07) is 19.3. The van der Waals surface area contributed by atoms with E-state index in [1.54, 1.807) is 24.1 Å². The van der Waals surface area contributed by atoms with E-state index in [2.05, 4.69) is 53.1 Å². The Hall–Kier alpha value is -3.69. The van der Waals surface area contributed by atoms with Gasteiger partial charge in [-0.15, -0.1) is 0 Å². The Morgan fingerprint density at radius 1 is 1.00 bits per heavy atom. The van der Waals surface area contributed by atoms with Crippen molar-refractivity contribution in [1.29, 1.82) is 0 Å². The number of carbonyl (C=O) groups is 2. The molecule has 0 saturated carbocycles. The number of ether oxygens (including phenoxy) is 2. The third-order valence-corrected chi connectivity index (χ3v) is 8.87. The third-order valence-electron chi connectivity index (χ3n) is 8.87. The molecule has 3 aliphatic rings. The summed E-state index contributed by atoms with van der Waals surface area (Å²) in [6.07, 6.45) is 0.547. The van der Waals surface area contributed by atoms with E-state index < -0.39 is 11.6 Å². The lowest BCUT2D eigenvalue weighted by Gasteiger charge is -2.43. The topological polar surface area (TPSA) is 65.6 Å². The number of halogens is 1. The maximum Gasteiger partial charge on any atom is 0.410 e. The summed E-state index contributed by atoms with van der Waals surface area (Å²) >= 11 is 0. The number of fused-ring (bicyclic) bond motifs is 1. The van der Waals surface area contributed by atoms with E-state index in [0.29, 0.717) is 45.8 Å². The van der Waals surface area contributed by atoms with Crippen molar-refractivity contribution in [1.82, 2.24) is 14.7 Å². The van der Waals surface area contributed by atoms with E-state index in [1.807, 2.05) is 4.90 Å². The molecule has 1 atom stereocenters. The summed E-state index contributed by atoms with van der Waals surface area (Å²) in [6.45, 7) is 6.52. The summed E-state index contributed by atoms with van der Waals surface area (Å²) in [4.78, 5) is 34.5. The lowest BCUT2D eigenvalue weighted by molar-refractivity contribution is -0.134. The molecular weight excluding hydrogens is 523 g/mol. The molecule has 0 radical (unpaired) electrons. The first-order chi connectivity index (χ1) is 19.9. The van der Waals surface area contributed by atoms with Gasteiger partial charge in [0.1, 0.15) is 17.5 Å². The maximum absolute atomic E-state index is 14.2. The van der Waals surface area contributed by atoms with E-state index in [1.165, 1.54) is 34.0 Å². The molecule has 0 bridgehead atoms. The zero-order chi connectivity index (χ0) is 28.6. The van der Waals surface area contributed by atoms with Gasteiger partial charge in [0.15, 0.2) is 0 Å². The fraction of sp³-hybridized carbons (Fsp3) is 0.438. The van der Waals surface area contributed by atoms with E-state index in [9.17, 15) is 14.0 Å². The van der Waals surface area contributed by atoms with Gasteiger partial charge in [0.05, 0.1) is 26.4 Å². The van der Waals surface area contributed by atoms with Crippen LogP contribution in [-0.2, 0) is 20.8 Å². The van der Waals surface area contributed by atoms with Crippen LogP contribution in [0.25, 0.3) is 10.8 Å². The predicted octanol–water partition coefficient (Wildman–Crippen LogP) is 4.40. The van der Waals surface area contributed by atoms with Crippen LogP contribution in [0.4, 0.5) is 14.9 Å². The largest absolute Gasteiger partial charge is 0.442 e. The zero-order valence-electron chi connectivity index (χ0n) is 23.7. The minimum atomic E-state index is -0.721. The highest BCUT2D eigenvalue weighted by Gasteiger charge is 2.54. The van der Waals surface area contributed by atoms with Gasteiger partial charge < -0.3 is 24.2 Å². The monoisotopic (exact) mass is 560 g/mol. The molecule has 2 amide bonds. The van der Waals surface area contributed by atoms with E-state index in [0.717, 1.165) is 25.3 Å². The SMILES string of the molecule is COCCN1C[C@@H](CN2CN(c3ccc(F)cc3)C3(CCN(Cc4cccc5cccc(C)c45)CC3)C2=O)OC1=O. The van der Waals surface area contributed by atoms with Gasteiger partial charge >= 0.3 is 6.09 Å². The number of cyclic esters (lactones) is 1. The van der Waals surface area contributed by atoms with Crippen molar-refractivity contribution in [2.45, 2.75) is 38.0 Å². The maximum atomic E-state index is 14.2. The Balaban J connectivity index is 1.20. The minimum absolute atomic E-state index is 0.0499. The number of methoxy groups -OCH3 is 1. The molecule has 3 heterocycles. The molecule has 3 aromatic rings. The number of benzene rings is 3. The molecule has 6 rings (SSSR count). The molecule has 9 heteroatoms. The van der Waals surface area contributed by atoms with Gasteiger partial charge in [-0.1, -0.05) is 36.4 Å². The predicted molar refractivity (Wildman–Crippen MR) is 155 cm³/mol. The molecule has 41 heavy (non-hydrogen) atoms. The number of aryl methyl sites for hydroxylation is 1. The van der Waals surface area contributed by atoms with Crippen molar-refractivity contribution in [2.24, 2.45) is 0 Å². The van der Waals surface area contributed by atoms with Crippen molar-refractivity contribution in [3.63, 3.8) is 0 Å². The Labute approximate surface area is 240 Å². The lowest BCUT2D eigenvalue weighted by Crippen LogP contribution is -2.56. The second-order valence-corrected chi connectivity index (χ2v) is 11.4. The highest BCUT2D eigenvalue weighted by molar-refractivity contribution is 5.94. The zero-order valence-corrected chi connectivity index (χ0v) is 23.7. The molecule has 3 aliphatic heterocycles. The fourth-order valence-corrected chi connectivity index (χ4v) is 6.73. The van der Waals surface area contributed by atoms with Crippen LogP contribution in [-0.4, -0.2) is 91.5 Å². The number of anilines is 1. The van der Waals surface area contributed by atoms with Gasteiger partial charge in [-0.3, -0.25) is 9.69 Å². The summed E-state index contributed by atoms with van der Waals surface area (Å²) in [5.74, 6) is -0.256. The Bertz CT molecular complexity index is 1420. The normalized spacial score (nSPS) is 21.0.